The van der Waals surface area contributed by atoms with Crippen LogP contribution in [0.5, 0.6) is 0 Å². The van der Waals surface area contributed by atoms with Crippen LogP contribution in [0.2, 0.25) is 0 Å². The fraction of sp³-hybridized carbons (Fsp3) is 0.294. The second kappa shape index (κ2) is 6.91. The molecule has 0 aliphatic carbocycles. The van der Waals surface area contributed by atoms with Crippen LogP contribution in [-0.4, -0.2) is 14.1 Å². The second-order valence-electron chi connectivity index (χ2n) is 5.15. The Balaban J connectivity index is 2.13. The molecule has 0 saturated carbocycles. The molecule has 0 spiro atoms. The lowest BCUT2D eigenvalue weighted by Crippen LogP contribution is -2.17. The molecule has 0 aliphatic heterocycles. The van der Waals surface area contributed by atoms with E-state index in [1.54, 1.807) is 0 Å². The quantitative estimate of drug-likeness (QED) is 0.886. The van der Waals surface area contributed by atoms with E-state index in [2.05, 4.69) is 82.6 Å². The Morgan fingerprint density at radius 3 is 2.60 bits per heavy atom. The highest BCUT2D eigenvalue weighted by Crippen LogP contribution is 2.23. The van der Waals surface area contributed by atoms with Crippen molar-refractivity contribution in [2.45, 2.75) is 20.0 Å². The van der Waals surface area contributed by atoms with Gasteiger partial charge < -0.3 is 10.2 Å². The Bertz CT molecular complexity index is 581. The van der Waals surface area contributed by atoms with Gasteiger partial charge in [0.1, 0.15) is 0 Å². The summed E-state index contributed by atoms with van der Waals surface area (Å²) in [5.74, 6) is 0. The van der Waals surface area contributed by atoms with Crippen LogP contribution in [0.1, 0.15) is 16.7 Å². The average molecular weight is 333 g/mol. The third-order valence-corrected chi connectivity index (χ3v) is 4.09. The van der Waals surface area contributed by atoms with Gasteiger partial charge in [0.2, 0.25) is 0 Å². The van der Waals surface area contributed by atoms with E-state index in [4.69, 9.17) is 0 Å². The number of hydrogen-bond acceptors (Lipinski definition) is 2. The summed E-state index contributed by atoms with van der Waals surface area (Å²) in [6.07, 6.45) is 0. The highest BCUT2D eigenvalue weighted by molar-refractivity contribution is 9.10. The van der Waals surface area contributed by atoms with E-state index in [0.29, 0.717) is 0 Å². The molecule has 2 nitrogen and oxygen atoms in total. The molecule has 2 aromatic carbocycles. The van der Waals surface area contributed by atoms with Crippen LogP contribution in [-0.2, 0) is 13.1 Å². The Hall–Kier alpha value is -1.32. The summed E-state index contributed by atoms with van der Waals surface area (Å²) in [6, 6.07) is 15.2. The van der Waals surface area contributed by atoms with E-state index < -0.39 is 0 Å². The van der Waals surface area contributed by atoms with Gasteiger partial charge in [-0.15, -0.1) is 0 Å². The van der Waals surface area contributed by atoms with Gasteiger partial charge >= 0.3 is 0 Å². The minimum Gasteiger partial charge on any atom is -0.370 e. The van der Waals surface area contributed by atoms with Gasteiger partial charge in [0.15, 0.2) is 0 Å². The third-order valence-electron chi connectivity index (χ3n) is 3.35. The second-order valence-corrected chi connectivity index (χ2v) is 6.01. The maximum atomic E-state index is 3.68. The van der Waals surface area contributed by atoms with E-state index in [-0.39, 0.29) is 0 Å². The summed E-state index contributed by atoms with van der Waals surface area (Å²) in [5, 5.41) is 3.17. The highest BCUT2D eigenvalue weighted by atomic mass is 79.9. The molecule has 0 heterocycles. The van der Waals surface area contributed by atoms with Gasteiger partial charge in [0.25, 0.3) is 0 Å². The first-order valence-corrected chi connectivity index (χ1v) is 7.59. The molecule has 1 N–H and O–H groups in total. The summed E-state index contributed by atoms with van der Waals surface area (Å²) in [4.78, 5) is 2.27. The van der Waals surface area contributed by atoms with E-state index >= 15 is 0 Å². The Labute approximate surface area is 129 Å². The summed E-state index contributed by atoms with van der Waals surface area (Å²) < 4.78 is 1.17. The van der Waals surface area contributed by atoms with Crippen LogP contribution in [0, 0.1) is 6.92 Å². The fourth-order valence-corrected chi connectivity index (χ4v) is 2.80. The first kappa shape index (κ1) is 15.1. The predicted octanol–water partition coefficient (Wildman–Crippen LogP) is 4.11. The maximum absolute atomic E-state index is 3.68. The van der Waals surface area contributed by atoms with Gasteiger partial charge in [0, 0.05) is 30.3 Å². The zero-order chi connectivity index (χ0) is 14.5. The Morgan fingerprint density at radius 2 is 1.95 bits per heavy atom. The molecule has 0 fully saturated rings. The molecule has 0 saturated heterocycles. The maximum Gasteiger partial charge on any atom is 0.0437 e. The topological polar surface area (TPSA) is 15.3 Å². The van der Waals surface area contributed by atoms with Gasteiger partial charge in [-0.1, -0.05) is 40.2 Å². The number of benzene rings is 2. The minimum absolute atomic E-state index is 0.893. The molecule has 0 bridgehead atoms. The van der Waals surface area contributed by atoms with Crippen molar-refractivity contribution in [2.24, 2.45) is 0 Å². The number of hydrogen-bond donors (Lipinski definition) is 1. The minimum atomic E-state index is 0.893. The van der Waals surface area contributed by atoms with Crippen LogP contribution in [0.25, 0.3) is 0 Å². The molecular weight excluding hydrogens is 312 g/mol. The molecule has 3 heteroatoms. The van der Waals surface area contributed by atoms with Crippen molar-refractivity contribution in [2.75, 3.05) is 19.0 Å². The lowest BCUT2D eigenvalue weighted by atomic mass is 10.1. The van der Waals surface area contributed by atoms with Gasteiger partial charge in [-0.3, -0.25) is 0 Å². The molecule has 0 aromatic heterocycles. The SMILES string of the molecule is CNCc1ccc(CN(C)c2cccc(C)c2)c(Br)c1. The van der Waals surface area contributed by atoms with E-state index in [9.17, 15) is 0 Å². The number of halogens is 1. The van der Waals surface area contributed by atoms with Crippen molar-refractivity contribution in [1.82, 2.24) is 5.32 Å². The molecule has 0 aliphatic rings. The first-order valence-electron chi connectivity index (χ1n) is 6.80. The monoisotopic (exact) mass is 332 g/mol. The van der Waals surface area contributed by atoms with Gasteiger partial charge in [0.05, 0.1) is 0 Å². The molecule has 0 atom stereocenters. The van der Waals surface area contributed by atoms with Crippen molar-refractivity contribution in [3.8, 4) is 0 Å². The number of nitrogens with one attached hydrogen (secondary N) is 1. The van der Waals surface area contributed by atoms with E-state index in [1.165, 1.54) is 26.9 Å². The van der Waals surface area contributed by atoms with Crippen molar-refractivity contribution in [3.05, 3.63) is 63.6 Å². The normalized spacial score (nSPS) is 10.6. The predicted molar refractivity (Wildman–Crippen MR) is 90.2 cm³/mol. The van der Waals surface area contributed by atoms with Crippen LogP contribution in [0.3, 0.4) is 0 Å². The zero-order valence-corrected chi connectivity index (χ0v) is 13.9. The molecule has 0 radical (unpaired) electrons. The van der Waals surface area contributed by atoms with E-state index in [0.717, 1.165) is 13.1 Å². The standard InChI is InChI=1S/C17H21BrN2/c1-13-5-4-6-16(9-13)20(3)12-15-8-7-14(11-19-2)10-17(15)18/h4-10,19H,11-12H2,1-3H3. The van der Waals surface area contributed by atoms with Crippen molar-refractivity contribution >= 4 is 21.6 Å². The van der Waals surface area contributed by atoms with Gasteiger partial charge in [-0.2, -0.15) is 0 Å². The molecular formula is C17H21BrN2. The Morgan fingerprint density at radius 1 is 1.15 bits per heavy atom. The molecule has 2 rings (SSSR count). The average Bonchev–Trinajstić information content (AvgIpc) is 2.42. The molecule has 0 unspecified atom stereocenters. The molecule has 0 amide bonds. The van der Waals surface area contributed by atoms with Crippen LogP contribution < -0.4 is 10.2 Å². The third kappa shape index (κ3) is 3.84. The summed E-state index contributed by atoms with van der Waals surface area (Å²) >= 11 is 3.68. The molecule has 20 heavy (non-hydrogen) atoms. The van der Waals surface area contributed by atoms with Crippen molar-refractivity contribution < 1.29 is 0 Å². The number of aryl methyl sites for hydroxylation is 1. The van der Waals surface area contributed by atoms with Crippen LogP contribution in [0.15, 0.2) is 46.9 Å². The molecule has 106 valence electrons. The van der Waals surface area contributed by atoms with Crippen molar-refractivity contribution in [1.29, 1.82) is 0 Å². The lowest BCUT2D eigenvalue weighted by Gasteiger charge is -2.21. The summed E-state index contributed by atoms with van der Waals surface area (Å²) in [5.41, 5.74) is 5.13. The smallest absolute Gasteiger partial charge is 0.0437 e. The van der Waals surface area contributed by atoms with Crippen LogP contribution >= 0.6 is 15.9 Å². The number of nitrogens with zero attached hydrogens (tertiary/aromatic N) is 1. The number of rotatable bonds is 5. The fourth-order valence-electron chi connectivity index (χ4n) is 2.25. The van der Waals surface area contributed by atoms with Crippen LogP contribution in [0.4, 0.5) is 5.69 Å². The lowest BCUT2D eigenvalue weighted by molar-refractivity contribution is 0.815. The summed E-state index contributed by atoms with van der Waals surface area (Å²) in [6.45, 7) is 3.91. The largest absolute Gasteiger partial charge is 0.370 e. The number of anilines is 1. The van der Waals surface area contributed by atoms with Gasteiger partial charge in [-0.25, -0.2) is 0 Å². The highest BCUT2D eigenvalue weighted by Gasteiger charge is 2.06. The zero-order valence-electron chi connectivity index (χ0n) is 12.3. The first-order chi connectivity index (χ1) is 9.60. The van der Waals surface area contributed by atoms with Crippen molar-refractivity contribution in [3.63, 3.8) is 0 Å². The van der Waals surface area contributed by atoms with E-state index in [1.807, 2.05) is 7.05 Å². The Kier molecular flexibility index (Phi) is 5.21. The summed E-state index contributed by atoms with van der Waals surface area (Å²) in [7, 11) is 4.09. The van der Waals surface area contributed by atoms with Gasteiger partial charge in [-0.05, 0) is 48.9 Å². The molecule has 2 aromatic rings.